The van der Waals surface area contributed by atoms with Gasteiger partial charge >= 0.3 is 5.97 Å². The van der Waals surface area contributed by atoms with Crippen molar-refractivity contribution in [2.75, 3.05) is 0 Å². The van der Waals surface area contributed by atoms with E-state index in [2.05, 4.69) is 47.8 Å². The molecule has 1 unspecified atom stereocenters. The van der Waals surface area contributed by atoms with Gasteiger partial charge in [-0.25, -0.2) is 4.79 Å². The van der Waals surface area contributed by atoms with Crippen LogP contribution < -0.4 is 4.74 Å². The number of rotatable bonds is 0. The van der Waals surface area contributed by atoms with Gasteiger partial charge in [-0.2, -0.15) is 0 Å². The van der Waals surface area contributed by atoms with E-state index < -0.39 is 11.6 Å². The third kappa shape index (κ3) is 2.19. The van der Waals surface area contributed by atoms with Crippen LogP contribution in [0.5, 0.6) is 23.0 Å². The van der Waals surface area contributed by atoms with Gasteiger partial charge in [0.15, 0.2) is 11.4 Å². The maximum absolute atomic E-state index is 12.8. The molecule has 1 spiro atoms. The van der Waals surface area contributed by atoms with E-state index in [1.54, 1.807) is 24.3 Å². The van der Waals surface area contributed by atoms with Gasteiger partial charge in [0, 0.05) is 17.2 Å². The van der Waals surface area contributed by atoms with Gasteiger partial charge in [0.25, 0.3) is 0 Å². The van der Waals surface area contributed by atoms with E-state index in [-0.39, 0.29) is 11.5 Å². The molecule has 0 bridgehead atoms. The van der Waals surface area contributed by atoms with Crippen molar-refractivity contribution in [1.82, 2.24) is 0 Å². The monoisotopic (exact) mass is 566 g/mol. The molecule has 5 nitrogen and oxygen atoms in total. The Morgan fingerprint density at radius 3 is 2.39 bits per heavy atom. The Bertz CT molecular complexity index is 1210. The minimum absolute atomic E-state index is 0.0209. The summed E-state index contributed by atoms with van der Waals surface area (Å²) in [6.45, 7) is 0. The first-order valence-corrected chi connectivity index (χ1v) is 10.5. The number of fused-ring (bicyclic) bond motifs is 6. The van der Waals surface area contributed by atoms with Crippen LogP contribution >= 0.6 is 47.8 Å². The molecule has 0 fully saturated rings. The number of esters is 1. The van der Waals surface area contributed by atoms with E-state index in [4.69, 9.17) is 9.47 Å². The van der Waals surface area contributed by atoms with Gasteiger partial charge < -0.3 is 19.7 Å². The van der Waals surface area contributed by atoms with E-state index in [0.717, 1.165) is 0 Å². The number of carbonyl (C=O) groups excluding carboxylic acids is 1. The molecular formula is C20H9Br3O5. The molecular weight excluding hydrogens is 560 g/mol. The molecule has 140 valence electrons. The Morgan fingerprint density at radius 2 is 1.61 bits per heavy atom. The normalized spacial score (nSPS) is 18.9. The van der Waals surface area contributed by atoms with Gasteiger partial charge in [-0.3, -0.25) is 0 Å². The number of aromatic hydroxyl groups is 2. The lowest BCUT2D eigenvalue weighted by Gasteiger charge is -2.37. The highest BCUT2D eigenvalue weighted by atomic mass is 79.9. The number of phenolic OH excluding ortho intramolecular Hbond substituents is 2. The molecule has 0 aromatic heterocycles. The summed E-state index contributed by atoms with van der Waals surface area (Å²) < 4.78 is 13.2. The molecule has 0 aliphatic carbocycles. The molecule has 0 radical (unpaired) electrons. The predicted molar refractivity (Wildman–Crippen MR) is 111 cm³/mol. The maximum atomic E-state index is 12.8. The van der Waals surface area contributed by atoms with Crippen LogP contribution in [0.4, 0.5) is 0 Å². The highest BCUT2D eigenvalue weighted by molar-refractivity contribution is 9.11. The van der Waals surface area contributed by atoms with Crippen LogP contribution in [-0.2, 0) is 10.3 Å². The van der Waals surface area contributed by atoms with E-state index in [0.29, 0.717) is 47.2 Å². The Hall–Kier alpha value is -2.03. The zero-order chi connectivity index (χ0) is 19.8. The van der Waals surface area contributed by atoms with Crippen molar-refractivity contribution >= 4 is 53.8 Å². The first kappa shape index (κ1) is 18.0. The van der Waals surface area contributed by atoms with Gasteiger partial charge in [-0.1, -0.05) is 18.2 Å². The van der Waals surface area contributed by atoms with Crippen molar-refractivity contribution in [3.05, 3.63) is 78.1 Å². The summed E-state index contributed by atoms with van der Waals surface area (Å²) in [4.78, 5) is 12.8. The molecule has 0 saturated carbocycles. The number of halogens is 3. The van der Waals surface area contributed by atoms with E-state index in [1.165, 1.54) is 6.07 Å². The quantitative estimate of drug-likeness (QED) is 0.328. The predicted octanol–water partition coefficient (Wildman–Crippen LogP) is 5.95. The van der Waals surface area contributed by atoms with E-state index >= 15 is 0 Å². The fourth-order valence-corrected chi connectivity index (χ4v) is 5.27. The zero-order valence-corrected chi connectivity index (χ0v) is 18.6. The van der Waals surface area contributed by atoms with Crippen LogP contribution in [0.3, 0.4) is 0 Å². The largest absolute Gasteiger partial charge is 0.507 e. The van der Waals surface area contributed by atoms with Gasteiger partial charge in [0.05, 0.1) is 20.1 Å². The number of carbonyl (C=O) groups is 1. The van der Waals surface area contributed by atoms with Crippen molar-refractivity contribution in [2.24, 2.45) is 0 Å². The molecule has 3 aromatic rings. The van der Waals surface area contributed by atoms with Crippen LogP contribution in [0.15, 0.2) is 55.9 Å². The van der Waals surface area contributed by atoms with Gasteiger partial charge in [0.2, 0.25) is 0 Å². The van der Waals surface area contributed by atoms with Crippen molar-refractivity contribution in [2.45, 2.75) is 5.60 Å². The summed E-state index contributed by atoms with van der Waals surface area (Å²) in [5.74, 6) is 0.0992. The van der Waals surface area contributed by atoms with Crippen LogP contribution in [0.25, 0.3) is 0 Å². The number of hydrogen-bond acceptors (Lipinski definition) is 5. The SMILES string of the molecule is O=C1OC2(c3cc(Br)c(O)cc3Oc3c2cc(Br)c(O)c3Br)c2ccccc21. The summed E-state index contributed by atoms with van der Waals surface area (Å²) in [6, 6.07) is 11.9. The van der Waals surface area contributed by atoms with Gasteiger partial charge in [0.1, 0.15) is 21.7 Å². The molecule has 0 saturated heterocycles. The van der Waals surface area contributed by atoms with Crippen LogP contribution in [0, 0.1) is 0 Å². The second-order valence-electron chi connectivity index (χ2n) is 6.42. The number of hydrogen-bond donors (Lipinski definition) is 2. The second kappa shape index (κ2) is 5.98. The maximum Gasteiger partial charge on any atom is 0.340 e. The fraction of sp³-hybridized carbons (Fsp3) is 0.0500. The molecule has 28 heavy (non-hydrogen) atoms. The molecule has 2 aliphatic heterocycles. The number of phenols is 2. The smallest absolute Gasteiger partial charge is 0.340 e. The van der Waals surface area contributed by atoms with Crippen molar-refractivity contribution in [3.63, 3.8) is 0 Å². The van der Waals surface area contributed by atoms with Crippen LogP contribution in [-0.4, -0.2) is 16.2 Å². The molecule has 3 aromatic carbocycles. The van der Waals surface area contributed by atoms with E-state index in [1.807, 2.05) is 12.1 Å². The Labute approximate surface area is 184 Å². The zero-order valence-electron chi connectivity index (χ0n) is 13.8. The Morgan fingerprint density at radius 1 is 0.893 bits per heavy atom. The van der Waals surface area contributed by atoms with Crippen molar-refractivity contribution < 1.29 is 24.5 Å². The summed E-state index contributed by atoms with van der Waals surface area (Å²) in [6.07, 6.45) is 0. The topological polar surface area (TPSA) is 76.0 Å². The Balaban J connectivity index is 1.96. The molecule has 5 rings (SSSR count). The molecule has 8 heteroatoms. The molecule has 2 N–H and O–H groups in total. The molecule has 0 amide bonds. The van der Waals surface area contributed by atoms with Gasteiger partial charge in [-0.05, 0) is 66.0 Å². The summed E-state index contributed by atoms with van der Waals surface area (Å²) in [5.41, 5.74) is 0.935. The second-order valence-corrected chi connectivity index (χ2v) is 8.92. The highest BCUT2D eigenvalue weighted by Gasteiger charge is 2.54. The lowest BCUT2D eigenvalue weighted by Crippen LogP contribution is -2.33. The molecule has 2 heterocycles. The van der Waals surface area contributed by atoms with E-state index in [9.17, 15) is 15.0 Å². The van der Waals surface area contributed by atoms with Gasteiger partial charge in [-0.15, -0.1) is 0 Å². The van der Waals surface area contributed by atoms with Crippen molar-refractivity contribution in [1.29, 1.82) is 0 Å². The third-order valence-electron chi connectivity index (χ3n) is 4.94. The molecule has 2 aliphatic rings. The molecule has 1 atom stereocenters. The number of ether oxygens (including phenoxy) is 2. The summed E-state index contributed by atoms with van der Waals surface area (Å²) >= 11 is 10.1. The van der Waals surface area contributed by atoms with Crippen molar-refractivity contribution in [3.8, 4) is 23.0 Å². The average molecular weight is 569 g/mol. The highest BCUT2D eigenvalue weighted by Crippen LogP contribution is 2.60. The first-order chi connectivity index (χ1) is 13.3. The van der Waals surface area contributed by atoms with Crippen LogP contribution in [0.1, 0.15) is 27.0 Å². The minimum atomic E-state index is -1.29. The minimum Gasteiger partial charge on any atom is -0.507 e. The van der Waals surface area contributed by atoms with Crippen LogP contribution in [0.2, 0.25) is 0 Å². The summed E-state index contributed by atoms with van der Waals surface area (Å²) in [7, 11) is 0. The lowest BCUT2D eigenvalue weighted by molar-refractivity contribution is 0.0223. The average Bonchev–Trinajstić information content (AvgIpc) is 2.97. The standard InChI is InChI=1S/C20H9Br3O5/c21-12-5-10-15(7-14(12)24)27-18-11(6-13(22)17(25)16(18)23)20(10)9-4-2-1-3-8(9)19(26)28-20/h1-7,24-25H. The summed E-state index contributed by atoms with van der Waals surface area (Å²) in [5, 5.41) is 20.5. The third-order valence-corrected chi connectivity index (χ3v) is 6.92. The Kier molecular flexibility index (Phi) is 3.85. The lowest BCUT2D eigenvalue weighted by atomic mass is 9.77. The number of benzene rings is 3. The fourth-order valence-electron chi connectivity index (χ4n) is 3.73. The first-order valence-electron chi connectivity index (χ1n) is 8.09.